The molecule has 32 heavy (non-hydrogen) atoms. The van der Waals surface area contributed by atoms with Crippen molar-refractivity contribution in [1.82, 2.24) is 9.29 Å². The van der Waals surface area contributed by atoms with E-state index in [0.717, 1.165) is 24.1 Å². The SMILES string of the molecule is O=C(Nc1cccc(C=Cc2ccccn2)c1)c1cc(S(=O)(=O)N2CCCC2)ccc1Cl. The number of nitrogens with zero attached hydrogens (tertiary/aromatic N) is 2. The molecule has 1 amide bonds. The molecule has 1 aliphatic heterocycles. The molecule has 0 bridgehead atoms. The van der Waals surface area contributed by atoms with Gasteiger partial charge in [-0.1, -0.05) is 35.9 Å². The molecule has 0 atom stereocenters. The maximum Gasteiger partial charge on any atom is 0.257 e. The number of benzene rings is 2. The molecule has 2 aromatic carbocycles. The van der Waals surface area contributed by atoms with Crippen LogP contribution in [-0.4, -0.2) is 36.7 Å². The van der Waals surface area contributed by atoms with Gasteiger partial charge in [-0.2, -0.15) is 4.31 Å². The third-order valence-electron chi connectivity index (χ3n) is 5.16. The number of rotatable bonds is 6. The number of sulfonamides is 1. The largest absolute Gasteiger partial charge is 0.322 e. The van der Waals surface area contributed by atoms with Gasteiger partial charge >= 0.3 is 0 Å². The van der Waals surface area contributed by atoms with Crippen LogP contribution in [0.3, 0.4) is 0 Å². The van der Waals surface area contributed by atoms with Gasteiger partial charge in [0.2, 0.25) is 10.0 Å². The normalized spacial score (nSPS) is 14.7. The van der Waals surface area contributed by atoms with Crippen LogP contribution in [0.2, 0.25) is 5.02 Å². The quantitative estimate of drug-likeness (QED) is 0.556. The zero-order valence-electron chi connectivity index (χ0n) is 17.2. The van der Waals surface area contributed by atoms with Gasteiger partial charge in [-0.05, 0) is 66.9 Å². The molecule has 0 spiro atoms. The predicted molar refractivity (Wildman–Crippen MR) is 127 cm³/mol. The molecule has 0 radical (unpaired) electrons. The van der Waals surface area contributed by atoms with Crippen molar-refractivity contribution in [1.29, 1.82) is 0 Å². The minimum Gasteiger partial charge on any atom is -0.322 e. The van der Waals surface area contributed by atoms with Crippen LogP contribution < -0.4 is 5.32 Å². The Kier molecular flexibility index (Phi) is 6.69. The summed E-state index contributed by atoms with van der Waals surface area (Å²) in [5.74, 6) is -0.473. The number of amides is 1. The lowest BCUT2D eigenvalue weighted by atomic mass is 10.1. The zero-order chi connectivity index (χ0) is 22.6. The smallest absolute Gasteiger partial charge is 0.257 e. The van der Waals surface area contributed by atoms with Crippen LogP contribution in [0, 0.1) is 0 Å². The Morgan fingerprint density at radius 2 is 1.81 bits per heavy atom. The van der Waals surface area contributed by atoms with Crippen LogP contribution in [0.1, 0.15) is 34.5 Å². The highest BCUT2D eigenvalue weighted by atomic mass is 35.5. The van der Waals surface area contributed by atoms with E-state index in [1.54, 1.807) is 12.3 Å². The molecule has 0 aliphatic carbocycles. The zero-order valence-corrected chi connectivity index (χ0v) is 18.8. The average Bonchev–Trinajstić information content (AvgIpc) is 3.35. The summed E-state index contributed by atoms with van der Waals surface area (Å²) in [6.07, 6.45) is 7.17. The standard InChI is InChI=1S/C24H22ClN3O3S/c25-23-12-11-21(32(30,31)28-14-3-4-15-28)17-22(23)24(29)27-20-8-5-6-18(16-20)9-10-19-7-1-2-13-26-19/h1-2,5-13,16-17H,3-4,14-15H2,(H,27,29). The maximum atomic E-state index is 12.9. The Morgan fingerprint density at radius 3 is 2.56 bits per heavy atom. The fourth-order valence-corrected chi connectivity index (χ4v) is 5.24. The van der Waals surface area contributed by atoms with E-state index in [1.165, 1.54) is 22.5 Å². The van der Waals surface area contributed by atoms with E-state index in [1.807, 2.05) is 48.6 Å². The summed E-state index contributed by atoms with van der Waals surface area (Å²) >= 11 is 6.23. The molecule has 3 aromatic rings. The fourth-order valence-electron chi connectivity index (χ4n) is 3.49. The van der Waals surface area contributed by atoms with Gasteiger partial charge in [0.25, 0.3) is 5.91 Å². The molecule has 1 aliphatic rings. The molecular formula is C24H22ClN3O3S. The van der Waals surface area contributed by atoms with Crippen LogP contribution in [0.5, 0.6) is 0 Å². The number of carbonyl (C=O) groups is 1. The molecule has 1 saturated heterocycles. The first-order valence-corrected chi connectivity index (χ1v) is 12.1. The van der Waals surface area contributed by atoms with Crippen LogP contribution in [0.15, 0.2) is 71.8 Å². The number of halogens is 1. The van der Waals surface area contributed by atoms with E-state index in [9.17, 15) is 13.2 Å². The van der Waals surface area contributed by atoms with Crippen LogP contribution in [0.4, 0.5) is 5.69 Å². The van der Waals surface area contributed by atoms with Crippen molar-refractivity contribution >= 4 is 45.4 Å². The molecule has 0 saturated carbocycles. The van der Waals surface area contributed by atoms with E-state index >= 15 is 0 Å². The van der Waals surface area contributed by atoms with Gasteiger partial charge < -0.3 is 5.32 Å². The van der Waals surface area contributed by atoms with E-state index < -0.39 is 15.9 Å². The van der Waals surface area contributed by atoms with Gasteiger partial charge in [-0.3, -0.25) is 9.78 Å². The predicted octanol–water partition coefficient (Wildman–Crippen LogP) is 4.94. The molecule has 0 unspecified atom stereocenters. The number of pyridine rings is 1. The lowest BCUT2D eigenvalue weighted by Gasteiger charge is -2.16. The summed E-state index contributed by atoms with van der Waals surface area (Å²) in [5.41, 5.74) is 2.39. The van der Waals surface area contributed by atoms with Crippen molar-refractivity contribution in [3.63, 3.8) is 0 Å². The summed E-state index contributed by atoms with van der Waals surface area (Å²) in [5, 5.41) is 2.99. The topological polar surface area (TPSA) is 79.4 Å². The Bertz CT molecular complexity index is 1250. The Balaban J connectivity index is 1.53. The first kappa shape index (κ1) is 22.2. The summed E-state index contributed by atoms with van der Waals surface area (Å²) in [7, 11) is -3.65. The molecule has 2 heterocycles. The molecular weight excluding hydrogens is 446 g/mol. The summed E-state index contributed by atoms with van der Waals surface area (Å²) in [6, 6.07) is 17.2. The molecule has 164 valence electrons. The van der Waals surface area contributed by atoms with Crippen LogP contribution >= 0.6 is 11.6 Å². The fraction of sp³-hybridized carbons (Fsp3) is 0.167. The second-order valence-electron chi connectivity index (χ2n) is 7.42. The second-order valence-corrected chi connectivity index (χ2v) is 9.77. The van der Waals surface area contributed by atoms with E-state index in [0.29, 0.717) is 18.8 Å². The minimum absolute atomic E-state index is 0.0704. The second kappa shape index (κ2) is 9.65. The summed E-state index contributed by atoms with van der Waals surface area (Å²) in [4.78, 5) is 17.2. The third kappa shape index (κ3) is 5.07. The van der Waals surface area contributed by atoms with Gasteiger partial charge in [0.05, 0.1) is 21.2 Å². The number of nitrogens with one attached hydrogen (secondary N) is 1. The molecule has 1 N–H and O–H groups in total. The van der Waals surface area contributed by atoms with E-state index in [-0.39, 0.29) is 15.5 Å². The lowest BCUT2D eigenvalue weighted by Crippen LogP contribution is -2.28. The van der Waals surface area contributed by atoms with Crippen LogP contribution in [-0.2, 0) is 10.0 Å². The van der Waals surface area contributed by atoms with Gasteiger partial charge in [-0.25, -0.2) is 8.42 Å². The monoisotopic (exact) mass is 467 g/mol. The van der Waals surface area contributed by atoms with Crippen molar-refractivity contribution in [2.75, 3.05) is 18.4 Å². The number of hydrogen-bond donors (Lipinski definition) is 1. The molecule has 4 rings (SSSR count). The van der Waals surface area contributed by atoms with Crippen molar-refractivity contribution in [3.05, 3.63) is 88.7 Å². The molecule has 8 heteroatoms. The Hall–Kier alpha value is -3.00. The number of aromatic nitrogens is 1. The summed E-state index contributed by atoms with van der Waals surface area (Å²) in [6.45, 7) is 0.983. The highest BCUT2D eigenvalue weighted by molar-refractivity contribution is 7.89. The van der Waals surface area contributed by atoms with Crippen molar-refractivity contribution in [3.8, 4) is 0 Å². The van der Waals surface area contributed by atoms with Gasteiger partial charge in [-0.15, -0.1) is 0 Å². The van der Waals surface area contributed by atoms with Crippen molar-refractivity contribution in [2.24, 2.45) is 0 Å². The number of anilines is 1. The molecule has 1 fully saturated rings. The third-order valence-corrected chi connectivity index (χ3v) is 7.39. The highest BCUT2D eigenvalue weighted by Gasteiger charge is 2.28. The Labute approximate surface area is 192 Å². The highest BCUT2D eigenvalue weighted by Crippen LogP contribution is 2.26. The van der Waals surface area contributed by atoms with Crippen LogP contribution in [0.25, 0.3) is 12.2 Å². The molecule has 6 nitrogen and oxygen atoms in total. The van der Waals surface area contributed by atoms with E-state index in [2.05, 4.69) is 10.3 Å². The first-order chi connectivity index (χ1) is 15.4. The number of carbonyl (C=O) groups excluding carboxylic acids is 1. The molecule has 1 aromatic heterocycles. The first-order valence-electron chi connectivity index (χ1n) is 10.2. The maximum absolute atomic E-state index is 12.9. The number of hydrogen-bond acceptors (Lipinski definition) is 4. The van der Waals surface area contributed by atoms with Gasteiger partial charge in [0, 0.05) is 25.0 Å². The van der Waals surface area contributed by atoms with Gasteiger partial charge in [0.15, 0.2) is 0 Å². The van der Waals surface area contributed by atoms with E-state index in [4.69, 9.17) is 11.6 Å². The van der Waals surface area contributed by atoms with Gasteiger partial charge in [0.1, 0.15) is 0 Å². The minimum atomic E-state index is -3.65. The lowest BCUT2D eigenvalue weighted by molar-refractivity contribution is 0.102. The average molecular weight is 468 g/mol. The Morgan fingerprint density at radius 1 is 1.00 bits per heavy atom. The summed E-state index contributed by atoms with van der Waals surface area (Å²) < 4.78 is 27.1. The van der Waals surface area contributed by atoms with Crippen molar-refractivity contribution in [2.45, 2.75) is 17.7 Å². The van der Waals surface area contributed by atoms with Crippen molar-refractivity contribution < 1.29 is 13.2 Å².